The maximum absolute atomic E-state index is 6.17. The van der Waals surface area contributed by atoms with Crippen LogP contribution in [0.15, 0.2) is 18.2 Å². The van der Waals surface area contributed by atoms with Gasteiger partial charge in [-0.15, -0.1) is 0 Å². The Hall–Kier alpha value is -0.440. The van der Waals surface area contributed by atoms with E-state index in [0.29, 0.717) is 10.0 Å². The van der Waals surface area contributed by atoms with Gasteiger partial charge in [-0.05, 0) is 57.3 Å². The third-order valence-electron chi connectivity index (χ3n) is 3.67. The van der Waals surface area contributed by atoms with E-state index in [1.165, 1.54) is 12.8 Å². The van der Waals surface area contributed by atoms with Gasteiger partial charge >= 0.3 is 0 Å². The van der Waals surface area contributed by atoms with Gasteiger partial charge < -0.3 is 10.1 Å². The summed E-state index contributed by atoms with van der Waals surface area (Å²) in [5, 5.41) is 4.56. The molecule has 1 saturated carbocycles. The summed E-state index contributed by atoms with van der Waals surface area (Å²) in [6.45, 7) is 4.26. The Morgan fingerprint density at radius 3 is 2.58 bits per heavy atom. The molecule has 0 bridgehead atoms. The first-order valence-electron chi connectivity index (χ1n) is 7.00. The average molecular weight is 302 g/mol. The zero-order valence-corrected chi connectivity index (χ0v) is 12.9. The Balaban J connectivity index is 1.92. The third-order valence-corrected chi connectivity index (χ3v) is 4.41. The Morgan fingerprint density at radius 2 is 2.00 bits per heavy atom. The quantitative estimate of drug-likeness (QED) is 0.738. The fraction of sp³-hybridized carbons (Fsp3) is 0.600. The highest BCUT2D eigenvalue weighted by Gasteiger charge is 2.38. The second-order valence-corrected chi connectivity index (χ2v) is 6.03. The van der Waals surface area contributed by atoms with E-state index in [9.17, 15) is 0 Å². The van der Waals surface area contributed by atoms with Crippen LogP contribution in [0.4, 0.5) is 0 Å². The number of hydrogen-bond acceptors (Lipinski definition) is 2. The fourth-order valence-corrected chi connectivity index (χ4v) is 2.67. The van der Waals surface area contributed by atoms with Crippen LogP contribution in [0, 0.1) is 0 Å². The molecule has 0 aliphatic heterocycles. The first kappa shape index (κ1) is 15.0. The molecule has 1 aliphatic carbocycles. The first-order chi connectivity index (χ1) is 9.15. The van der Waals surface area contributed by atoms with Crippen molar-refractivity contribution in [1.29, 1.82) is 0 Å². The van der Waals surface area contributed by atoms with Crippen LogP contribution in [-0.4, -0.2) is 18.7 Å². The van der Waals surface area contributed by atoms with Crippen molar-refractivity contribution in [2.24, 2.45) is 0 Å². The van der Waals surface area contributed by atoms with Crippen molar-refractivity contribution in [3.8, 4) is 5.75 Å². The van der Waals surface area contributed by atoms with Crippen LogP contribution in [0.3, 0.4) is 0 Å². The van der Waals surface area contributed by atoms with Gasteiger partial charge in [-0.25, -0.2) is 0 Å². The van der Waals surface area contributed by atoms with Gasteiger partial charge in [0.2, 0.25) is 0 Å². The predicted octanol–water partition coefficient (Wildman–Crippen LogP) is 4.68. The van der Waals surface area contributed by atoms with E-state index in [1.54, 1.807) is 6.07 Å². The molecule has 106 valence electrons. The molecule has 19 heavy (non-hydrogen) atoms. The number of rotatable bonds is 7. The summed E-state index contributed by atoms with van der Waals surface area (Å²) < 4.78 is 6.17. The molecule has 1 aromatic rings. The van der Waals surface area contributed by atoms with E-state index in [0.717, 1.165) is 38.1 Å². The van der Waals surface area contributed by atoms with Gasteiger partial charge in [-0.1, -0.05) is 30.1 Å². The molecule has 0 unspecified atom stereocenters. The molecule has 0 saturated heterocycles. The van der Waals surface area contributed by atoms with Crippen molar-refractivity contribution < 1.29 is 4.74 Å². The van der Waals surface area contributed by atoms with Gasteiger partial charge in [0.1, 0.15) is 11.4 Å². The van der Waals surface area contributed by atoms with Gasteiger partial charge in [0.15, 0.2) is 0 Å². The Kier molecular flexibility index (Phi) is 5.37. The summed E-state index contributed by atoms with van der Waals surface area (Å²) in [4.78, 5) is 0. The molecule has 0 aromatic heterocycles. The van der Waals surface area contributed by atoms with Crippen LogP contribution < -0.4 is 10.1 Å². The topological polar surface area (TPSA) is 21.3 Å². The molecule has 0 spiro atoms. The Labute approximate surface area is 125 Å². The molecule has 4 heteroatoms. The van der Waals surface area contributed by atoms with E-state index in [2.05, 4.69) is 12.2 Å². The van der Waals surface area contributed by atoms with Crippen molar-refractivity contribution in [2.45, 2.75) is 44.6 Å². The number of nitrogens with one attached hydrogen (secondary N) is 1. The minimum absolute atomic E-state index is 0.00208. The summed E-state index contributed by atoms with van der Waals surface area (Å²) in [6.07, 6.45) is 5.71. The fourth-order valence-electron chi connectivity index (χ4n) is 2.38. The number of benzene rings is 1. The van der Waals surface area contributed by atoms with E-state index in [-0.39, 0.29) is 5.60 Å². The molecule has 1 aromatic carbocycles. The van der Waals surface area contributed by atoms with Gasteiger partial charge in [0.25, 0.3) is 0 Å². The average Bonchev–Trinajstić information content (AvgIpc) is 2.35. The zero-order valence-electron chi connectivity index (χ0n) is 11.3. The van der Waals surface area contributed by atoms with Crippen molar-refractivity contribution in [2.75, 3.05) is 13.1 Å². The SMILES string of the molecule is CCCNCCC1(Oc2ccc(Cl)c(Cl)c2)CCC1. The monoisotopic (exact) mass is 301 g/mol. The summed E-state index contributed by atoms with van der Waals surface area (Å²) in [6, 6.07) is 5.50. The van der Waals surface area contributed by atoms with Crippen LogP contribution >= 0.6 is 23.2 Å². The van der Waals surface area contributed by atoms with Gasteiger partial charge in [-0.2, -0.15) is 0 Å². The number of hydrogen-bond donors (Lipinski definition) is 1. The Bertz CT molecular complexity index is 419. The minimum atomic E-state index is -0.00208. The molecular formula is C15H21Cl2NO. The van der Waals surface area contributed by atoms with E-state index in [4.69, 9.17) is 27.9 Å². The van der Waals surface area contributed by atoms with E-state index >= 15 is 0 Å². The molecular weight excluding hydrogens is 281 g/mol. The first-order valence-corrected chi connectivity index (χ1v) is 7.76. The van der Waals surface area contributed by atoms with Crippen molar-refractivity contribution in [3.05, 3.63) is 28.2 Å². The zero-order chi connectivity index (χ0) is 13.7. The lowest BCUT2D eigenvalue weighted by Crippen LogP contribution is -2.45. The van der Waals surface area contributed by atoms with E-state index < -0.39 is 0 Å². The van der Waals surface area contributed by atoms with Crippen LogP contribution in [0.1, 0.15) is 39.0 Å². The summed E-state index contributed by atoms with van der Waals surface area (Å²) in [7, 11) is 0. The smallest absolute Gasteiger partial charge is 0.121 e. The standard InChI is InChI=1S/C15H21Cl2NO/c1-2-9-18-10-8-15(6-3-7-15)19-12-4-5-13(16)14(17)11-12/h4-5,11,18H,2-3,6-10H2,1H3. The Morgan fingerprint density at radius 1 is 1.21 bits per heavy atom. The number of halogens is 2. The van der Waals surface area contributed by atoms with Gasteiger partial charge in [-0.3, -0.25) is 0 Å². The van der Waals surface area contributed by atoms with Crippen molar-refractivity contribution in [1.82, 2.24) is 5.32 Å². The highest BCUT2D eigenvalue weighted by atomic mass is 35.5. The highest BCUT2D eigenvalue weighted by molar-refractivity contribution is 6.42. The molecule has 2 rings (SSSR count). The van der Waals surface area contributed by atoms with Crippen molar-refractivity contribution >= 4 is 23.2 Å². The third kappa shape index (κ3) is 4.01. The predicted molar refractivity (Wildman–Crippen MR) is 81.4 cm³/mol. The molecule has 0 heterocycles. The van der Waals surface area contributed by atoms with Crippen LogP contribution in [0.5, 0.6) is 5.75 Å². The molecule has 2 nitrogen and oxygen atoms in total. The highest BCUT2D eigenvalue weighted by Crippen LogP contribution is 2.40. The summed E-state index contributed by atoms with van der Waals surface area (Å²) in [5.41, 5.74) is -0.00208. The molecule has 1 N–H and O–H groups in total. The maximum atomic E-state index is 6.17. The lowest BCUT2D eigenvalue weighted by Gasteiger charge is -2.42. The van der Waals surface area contributed by atoms with Crippen LogP contribution in [-0.2, 0) is 0 Å². The second-order valence-electron chi connectivity index (χ2n) is 5.21. The van der Waals surface area contributed by atoms with Crippen LogP contribution in [0.2, 0.25) is 10.0 Å². The second kappa shape index (κ2) is 6.83. The summed E-state index contributed by atoms with van der Waals surface area (Å²) in [5.74, 6) is 0.824. The van der Waals surface area contributed by atoms with Crippen molar-refractivity contribution in [3.63, 3.8) is 0 Å². The molecule has 1 aliphatic rings. The van der Waals surface area contributed by atoms with E-state index in [1.807, 2.05) is 12.1 Å². The largest absolute Gasteiger partial charge is 0.487 e. The lowest BCUT2D eigenvalue weighted by molar-refractivity contribution is -0.0141. The normalized spacial score (nSPS) is 17.0. The molecule has 0 amide bonds. The molecule has 0 atom stereocenters. The molecule has 1 fully saturated rings. The minimum Gasteiger partial charge on any atom is -0.487 e. The molecule has 0 radical (unpaired) electrons. The van der Waals surface area contributed by atoms with Gasteiger partial charge in [0.05, 0.1) is 10.0 Å². The number of ether oxygens (including phenoxy) is 1. The summed E-state index contributed by atoms with van der Waals surface area (Å²) >= 11 is 11.9. The van der Waals surface area contributed by atoms with Gasteiger partial charge in [0, 0.05) is 6.07 Å². The van der Waals surface area contributed by atoms with Crippen LogP contribution in [0.25, 0.3) is 0 Å². The lowest BCUT2D eigenvalue weighted by atomic mass is 9.77. The maximum Gasteiger partial charge on any atom is 0.121 e.